The van der Waals surface area contributed by atoms with Crippen LogP contribution < -0.4 is 11.5 Å². The van der Waals surface area contributed by atoms with Crippen LogP contribution in [-0.4, -0.2) is 51.2 Å². The third kappa shape index (κ3) is 6.72. The first-order valence-corrected chi connectivity index (χ1v) is 10.1. The van der Waals surface area contributed by atoms with Crippen LogP contribution in [0, 0.1) is 11.6 Å². The van der Waals surface area contributed by atoms with E-state index in [4.69, 9.17) is 16.2 Å². The predicted octanol–water partition coefficient (Wildman–Crippen LogP) is 0.715. The molecule has 0 aliphatic carbocycles. The van der Waals surface area contributed by atoms with Crippen molar-refractivity contribution < 1.29 is 31.5 Å². The average molecular weight is 417 g/mol. The van der Waals surface area contributed by atoms with E-state index in [2.05, 4.69) is 4.99 Å². The Balaban J connectivity index is 2.95. The smallest absolute Gasteiger partial charge is 0.344 e. The second-order valence-electron chi connectivity index (χ2n) is 5.75. The Bertz CT molecular complexity index is 906. The monoisotopic (exact) mass is 417 g/mol. The van der Waals surface area contributed by atoms with Crippen molar-refractivity contribution in [3.05, 3.63) is 46.7 Å². The number of carbonyl (C=O) groups excluding carboxylic acids is 2. The number of halogens is 2. The van der Waals surface area contributed by atoms with Crippen molar-refractivity contribution in [3.63, 3.8) is 0 Å². The van der Waals surface area contributed by atoms with Crippen molar-refractivity contribution in [3.8, 4) is 0 Å². The molecular weight excluding hydrogens is 396 g/mol. The molecule has 0 aromatic heterocycles. The maximum absolute atomic E-state index is 13.6. The van der Waals surface area contributed by atoms with E-state index in [0.29, 0.717) is 0 Å². The maximum atomic E-state index is 13.6. The molecule has 0 saturated carbocycles. The average Bonchev–Trinajstić information content (AvgIpc) is 2.58. The Morgan fingerprint density at radius 3 is 2.25 bits per heavy atom. The molecule has 0 aliphatic rings. The Morgan fingerprint density at radius 2 is 1.75 bits per heavy atom. The molecule has 0 saturated heterocycles. The van der Waals surface area contributed by atoms with Crippen LogP contribution in [0.3, 0.4) is 0 Å². The van der Waals surface area contributed by atoms with Crippen LogP contribution in [0.4, 0.5) is 8.78 Å². The Kier molecular flexibility index (Phi) is 8.23. The number of allylic oxidation sites excluding steroid dienone is 1. The van der Waals surface area contributed by atoms with Crippen LogP contribution in [0.25, 0.3) is 0 Å². The minimum Gasteiger partial charge on any atom is -0.454 e. The Morgan fingerprint density at radius 1 is 1.18 bits per heavy atom. The molecule has 0 unspecified atom stereocenters. The van der Waals surface area contributed by atoms with Crippen molar-refractivity contribution in [1.82, 2.24) is 0 Å². The number of aliphatic imine (C=N–C) groups is 1. The van der Waals surface area contributed by atoms with E-state index in [1.165, 1.54) is 0 Å². The second kappa shape index (κ2) is 9.93. The number of nitrogens with two attached hydrogens (primary N) is 2. The SMILES string of the molecule is CC/C(N)=C(\C(=O)OCC(=O)c1c(F)cccc1F)C(N)=NCCS(C)(=O)=O. The number of rotatable bonds is 9. The number of ketones is 1. The highest BCUT2D eigenvalue weighted by molar-refractivity contribution is 7.90. The van der Waals surface area contributed by atoms with Gasteiger partial charge in [0.15, 0.2) is 6.61 Å². The highest BCUT2D eigenvalue weighted by Crippen LogP contribution is 2.14. The number of amidine groups is 1. The van der Waals surface area contributed by atoms with Gasteiger partial charge in [0.25, 0.3) is 0 Å². The highest BCUT2D eigenvalue weighted by Gasteiger charge is 2.23. The van der Waals surface area contributed by atoms with Crippen LogP contribution in [0.1, 0.15) is 23.7 Å². The van der Waals surface area contributed by atoms with Crippen LogP contribution >= 0.6 is 0 Å². The summed E-state index contributed by atoms with van der Waals surface area (Å²) in [5.74, 6) is -5.06. The van der Waals surface area contributed by atoms with Gasteiger partial charge in [-0.05, 0) is 18.6 Å². The third-order valence-corrected chi connectivity index (χ3v) is 4.41. The molecule has 0 radical (unpaired) electrons. The van der Waals surface area contributed by atoms with Gasteiger partial charge in [0.05, 0.1) is 17.9 Å². The number of nitrogens with zero attached hydrogens (tertiary/aromatic N) is 1. The lowest BCUT2D eigenvalue weighted by molar-refractivity contribution is -0.137. The maximum Gasteiger partial charge on any atom is 0.344 e. The first-order chi connectivity index (χ1) is 13.0. The zero-order valence-electron chi connectivity index (χ0n) is 15.4. The van der Waals surface area contributed by atoms with Crippen molar-refractivity contribution >= 4 is 27.4 Å². The van der Waals surface area contributed by atoms with Gasteiger partial charge in [-0.15, -0.1) is 0 Å². The number of hydrogen-bond donors (Lipinski definition) is 2. The van der Waals surface area contributed by atoms with Crippen molar-refractivity contribution in [2.45, 2.75) is 13.3 Å². The molecule has 0 aliphatic heterocycles. The molecule has 1 rings (SSSR count). The fourth-order valence-electron chi connectivity index (χ4n) is 2.03. The summed E-state index contributed by atoms with van der Waals surface area (Å²) in [6, 6.07) is 2.87. The van der Waals surface area contributed by atoms with Gasteiger partial charge in [0.1, 0.15) is 32.9 Å². The van der Waals surface area contributed by atoms with Crippen LogP contribution in [0.5, 0.6) is 0 Å². The summed E-state index contributed by atoms with van der Waals surface area (Å²) >= 11 is 0. The van der Waals surface area contributed by atoms with E-state index in [-0.39, 0.29) is 35.8 Å². The van der Waals surface area contributed by atoms with Crippen molar-refractivity contribution in [2.75, 3.05) is 25.2 Å². The van der Waals surface area contributed by atoms with Gasteiger partial charge < -0.3 is 16.2 Å². The molecule has 11 heteroatoms. The number of Topliss-reactive ketones (excluding diaryl/α,β-unsaturated/α-hetero) is 1. The number of esters is 1. The summed E-state index contributed by atoms with van der Waals surface area (Å²) in [6.45, 7) is 0.456. The first-order valence-electron chi connectivity index (χ1n) is 8.08. The van der Waals surface area contributed by atoms with Gasteiger partial charge in [-0.2, -0.15) is 0 Å². The van der Waals surface area contributed by atoms with E-state index < -0.39 is 45.4 Å². The third-order valence-electron chi connectivity index (χ3n) is 3.48. The van der Waals surface area contributed by atoms with Crippen molar-refractivity contribution in [1.29, 1.82) is 0 Å². The molecule has 0 bridgehead atoms. The van der Waals surface area contributed by atoms with E-state index >= 15 is 0 Å². The summed E-state index contributed by atoms with van der Waals surface area (Å²) in [5, 5.41) is 0. The van der Waals surface area contributed by atoms with Crippen molar-refractivity contribution in [2.24, 2.45) is 16.5 Å². The normalized spacial score (nSPS) is 13.1. The molecule has 1 aromatic rings. The van der Waals surface area contributed by atoms with Gasteiger partial charge in [-0.25, -0.2) is 22.0 Å². The van der Waals surface area contributed by atoms with Gasteiger partial charge in [-0.1, -0.05) is 13.0 Å². The predicted molar refractivity (Wildman–Crippen MR) is 99.4 cm³/mol. The summed E-state index contributed by atoms with van der Waals surface area (Å²) in [4.78, 5) is 28.0. The van der Waals surface area contributed by atoms with E-state index in [1.807, 2.05) is 0 Å². The zero-order valence-corrected chi connectivity index (χ0v) is 16.2. The zero-order chi connectivity index (χ0) is 21.5. The minimum atomic E-state index is -3.29. The molecular formula is C17H21F2N3O5S. The molecule has 0 atom stereocenters. The summed E-state index contributed by atoms with van der Waals surface area (Å²) < 4.78 is 54.3. The lowest BCUT2D eigenvalue weighted by Crippen LogP contribution is -2.29. The summed E-state index contributed by atoms with van der Waals surface area (Å²) in [6.07, 6.45) is 1.19. The Hall–Kier alpha value is -2.82. The molecule has 0 fully saturated rings. The standard InChI is InChI=1S/C17H21F2N3O5S/c1-3-12(20)15(16(21)22-7-8-28(2,25)26)17(24)27-9-13(23)14-10(18)5-4-6-11(14)19/h4-6H,3,7-9,20H2,1-2H3,(H2,21,22)/b15-12+. The number of carbonyl (C=O) groups is 2. The lowest BCUT2D eigenvalue weighted by atomic mass is 10.1. The van der Waals surface area contributed by atoms with Crippen LogP contribution in [0.15, 0.2) is 34.5 Å². The number of sulfone groups is 1. The number of hydrogen-bond acceptors (Lipinski definition) is 7. The van der Waals surface area contributed by atoms with Crippen LogP contribution in [-0.2, 0) is 19.4 Å². The largest absolute Gasteiger partial charge is 0.454 e. The molecule has 154 valence electrons. The van der Waals surface area contributed by atoms with E-state index in [1.54, 1.807) is 6.92 Å². The highest BCUT2D eigenvalue weighted by atomic mass is 32.2. The fraction of sp³-hybridized carbons (Fsp3) is 0.353. The van der Waals surface area contributed by atoms with Gasteiger partial charge in [0, 0.05) is 12.0 Å². The number of ether oxygens (including phenoxy) is 1. The fourth-order valence-corrected chi connectivity index (χ4v) is 2.45. The topological polar surface area (TPSA) is 142 Å². The Labute approximate surface area is 161 Å². The molecule has 8 nitrogen and oxygen atoms in total. The quantitative estimate of drug-likeness (QED) is 0.198. The molecule has 1 aromatic carbocycles. The van der Waals surface area contributed by atoms with E-state index in [0.717, 1.165) is 24.5 Å². The summed E-state index contributed by atoms with van der Waals surface area (Å²) in [7, 11) is -3.29. The second-order valence-corrected chi connectivity index (χ2v) is 8.01. The first kappa shape index (κ1) is 23.2. The van der Waals surface area contributed by atoms with Gasteiger partial charge >= 0.3 is 5.97 Å². The molecule has 0 heterocycles. The molecule has 4 N–H and O–H groups in total. The van der Waals surface area contributed by atoms with Gasteiger partial charge in [0.2, 0.25) is 5.78 Å². The van der Waals surface area contributed by atoms with Gasteiger partial charge in [-0.3, -0.25) is 9.79 Å². The molecule has 0 spiro atoms. The lowest BCUT2D eigenvalue weighted by Gasteiger charge is -2.11. The van der Waals surface area contributed by atoms with E-state index in [9.17, 15) is 26.8 Å². The van der Waals surface area contributed by atoms with Crippen LogP contribution in [0.2, 0.25) is 0 Å². The number of benzene rings is 1. The minimum absolute atomic E-state index is 0.00451. The molecule has 28 heavy (non-hydrogen) atoms. The summed E-state index contributed by atoms with van der Waals surface area (Å²) in [5.41, 5.74) is 10.3. The molecule has 0 amide bonds.